The van der Waals surface area contributed by atoms with Gasteiger partial charge in [-0.2, -0.15) is 0 Å². The fourth-order valence-corrected chi connectivity index (χ4v) is 2.05. The van der Waals surface area contributed by atoms with Gasteiger partial charge in [-0.15, -0.1) is 0 Å². The molecule has 1 amide bonds. The van der Waals surface area contributed by atoms with Gasteiger partial charge in [-0.05, 0) is 12.1 Å². The zero-order chi connectivity index (χ0) is 14.8. The van der Waals surface area contributed by atoms with Crippen LogP contribution in [0, 0.1) is 10.1 Å². The first-order chi connectivity index (χ1) is 10.2. The number of rotatable bonds is 2. The zero-order valence-corrected chi connectivity index (χ0v) is 10.8. The molecule has 21 heavy (non-hydrogen) atoms. The summed E-state index contributed by atoms with van der Waals surface area (Å²) in [7, 11) is 0. The number of amides is 1. The van der Waals surface area contributed by atoms with Crippen molar-refractivity contribution in [3.8, 4) is 5.88 Å². The number of hydrogen-bond donors (Lipinski definition) is 0. The van der Waals surface area contributed by atoms with E-state index < -0.39 is 10.8 Å². The van der Waals surface area contributed by atoms with Crippen molar-refractivity contribution >= 4 is 17.3 Å². The summed E-state index contributed by atoms with van der Waals surface area (Å²) in [6, 6.07) is 4.63. The third-order valence-electron chi connectivity index (χ3n) is 3.03. The van der Waals surface area contributed by atoms with Gasteiger partial charge in [-0.3, -0.25) is 19.9 Å². The average molecular weight is 286 g/mol. The lowest BCUT2D eigenvalue weighted by Crippen LogP contribution is -2.32. The summed E-state index contributed by atoms with van der Waals surface area (Å²) in [5.74, 6) is -0.288. The Morgan fingerprint density at radius 2 is 2.24 bits per heavy atom. The maximum atomic E-state index is 12.6. The van der Waals surface area contributed by atoms with Crippen molar-refractivity contribution in [1.29, 1.82) is 0 Å². The Hall–Kier alpha value is -3.03. The van der Waals surface area contributed by atoms with Gasteiger partial charge >= 0.3 is 0 Å². The van der Waals surface area contributed by atoms with Gasteiger partial charge in [0, 0.05) is 12.3 Å². The lowest BCUT2D eigenvalue weighted by atomic mass is 10.2. The highest BCUT2D eigenvalue weighted by molar-refractivity contribution is 6.08. The van der Waals surface area contributed by atoms with E-state index in [0.717, 1.165) is 6.20 Å². The average Bonchev–Trinajstić information content (AvgIpc) is 2.67. The van der Waals surface area contributed by atoms with Gasteiger partial charge in [0.15, 0.2) is 0 Å². The number of carbonyl (C=O) groups excluding carboxylic acids is 1. The van der Waals surface area contributed by atoms with Crippen LogP contribution in [0.15, 0.2) is 36.8 Å². The van der Waals surface area contributed by atoms with Crippen LogP contribution >= 0.6 is 0 Å². The molecule has 0 radical (unpaired) electrons. The predicted molar refractivity (Wildman–Crippen MR) is 72.3 cm³/mol. The molecule has 0 aliphatic carbocycles. The molecule has 0 aromatic carbocycles. The lowest BCUT2D eigenvalue weighted by Gasteiger charge is -2.19. The number of anilines is 1. The SMILES string of the molecule is O=C1c2cc([N+](=O)[O-])cnc2OCCN1c1cccnc1. The molecular weight excluding hydrogens is 276 g/mol. The van der Waals surface area contributed by atoms with Crippen molar-refractivity contribution in [2.75, 3.05) is 18.1 Å². The largest absolute Gasteiger partial charge is 0.475 e. The minimum absolute atomic E-state index is 0.0746. The van der Waals surface area contributed by atoms with E-state index in [9.17, 15) is 14.9 Å². The molecule has 0 saturated carbocycles. The van der Waals surface area contributed by atoms with Gasteiger partial charge < -0.3 is 9.64 Å². The summed E-state index contributed by atoms with van der Waals surface area (Å²) in [6.07, 6.45) is 4.22. The Bertz CT molecular complexity index is 705. The molecular formula is C13H10N4O4. The summed E-state index contributed by atoms with van der Waals surface area (Å²) < 4.78 is 5.39. The maximum Gasteiger partial charge on any atom is 0.288 e. The summed E-state index contributed by atoms with van der Waals surface area (Å²) in [4.78, 5) is 32.1. The molecule has 0 bridgehead atoms. The highest BCUT2D eigenvalue weighted by Gasteiger charge is 2.27. The first-order valence-electron chi connectivity index (χ1n) is 6.16. The molecule has 0 atom stereocenters. The van der Waals surface area contributed by atoms with Crippen LogP contribution in [0.25, 0.3) is 0 Å². The second-order valence-electron chi connectivity index (χ2n) is 4.32. The third kappa shape index (κ3) is 2.38. The summed E-state index contributed by atoms with van der Waals surface area (Å²) in [5.41, 5.74) is 0.426. The molecule has 0 saturated heterocycles. The van der Waals surface area contributed by atoms with Crippen LogP contribution in [-0.4, -0.2) is 34.0 Å². The van der Waals surface area contributed by atoms with Crippen molar-refractivity contribution < 1.29 is 14.5 Å². The summed E-state index contributed by atoms with van der Waals surface area (Å²) in [5, 5.41) is 10.8. The Morgan fingerprint density at radius 3 is 2.95 bits per heavy atom. The van der Waals surface area contributed by atoms with Crippen LogP contribution in [0.2, 0.25) is 0 Å². The number of fused-ring (bicyclic) bond motifs is 1. The standard InChI is InChI=1S/C13H10N4O4/c18-13-11-6-10(17(19)20)8-15-12(11)21-5-4-16(13)9-2-1-3-14-7-9/h1-3,6-8H,4-5H2. The van der Waals surface area contributed by atoms with E-state index in [1.807, 2.05) is 0 Å². The molecule has 2 aromatic rings. The molecule has 0 fully saturated rings. The number of pyridine rings is 2. The van der Waals surface area contributed by atoms with Gasteiger partial charge in [0.2, 0.25) is 5.88 Å². The highest BCUT2D eigenvalue weighted by atomic mass is 16.6. The number of ether oxygens (including phenoxy) is 1. The first-order valence-corrected chi connectivity index (χ1v) is 6.16. The van der Waals surface area contributed by atoms with E-state index >= 15 is 0 Å². The maximum absolute atomic E-state index is 12.6. The summed E-state index contributed by atoms with van der Waals surface area (Å²) >= 11 is 0. The lowest BCUT2D eigenvalue weighted by molar-refractivity contribution is -0.385. The van der Waals surface area contributed by atoms with Gasteiger partial charge in [-0.25, -0.2) is 4.98 Å². The van der Waals surface area contributed by atoms with Gasteiger partial charge in [0.05, 0.1) is 23.4 Å². The molecule has 0 unspecified atom stereocenters. The molecule has 3 heterocycles. The normalized spacial score (nSPS) is 14.1. The number of aromatic nitrogens is 2. The van der Waals surface area contributed by atoms with Gasteiger partial charge in [-0.1, -0.05) is 0 Å². The molecule has 0 N–H and O–H groups in total. The molecule has 0 spiro atoms. The van der Waals surface area contributed by atoms with Crippen LogP contribution in [0.3, 0.4) is 0 Å². The Balaban J connectivity index is 2.05. The van der Waals surface area contributed by atoms with Crippen LogP contribution < -0.4 is 9.64 Å². The molecule has 8 nitrogen and oxygen atoms in total. The third-order valence-corrected chi connectivity index (χ3v) is 3.03. The number of nitrogens with zero attached hydrogens (tertiary/aromatic N) is 4. The Kier molecular flexibility index (Phi) is 3.19. The second kappa shape index (κ2) is 5.16. The molecule has 8 heteroatoms. The molecule has 2 aromatic heterocycles. The Morgan fingerprint density at radius 1 is 1.38 bits per heavy atom. The van der Waals surface area contributed by atoms with Crippen LogP contribution in [-0.2, 0) is 0 Å². The van der Waals surface area contributed by atoms with E-state index in [1.54, 1.807) is 24.5 Å². The van der Waals surface area contributed by atoms with Crippen LogP contribution in [0.1, 0.15) is 10.4 Å². The minimum Gasteiger partial charge on any atom is -0.475 e. The monoisotopic (exact) mass is 286 g/mol. The molecule has 1 aliphatic heterocycles. The molecule has 106 valence electrons. The second-order valence-corrected chi connectivity index (χ2v) is 4.32. The highest BCUT2D eigenvalue weighted by Crippen LogP contribution is 2.26. The molecule has 3 rings (SSSR count). The number of nitro groups is 1. The van der Waals surface area contributed by atoms with E-state index in [4.69, 9.17) is 4.74 Å². The zero-order valence-electron chi connectivity index (χ0n) is 10.8. The van der Waals surface area contributed by atoms with Crippen LogP contribution in [0.4, 0.5) is 11.4 Å². The van der Waals surface area contributed by atoms with Gasteiger partial charge in [0.1, 0.15) is 18.4 Å². The summed E-state index contributed by atoms with van der Waals surface area (Å²) in [6.45, 7) is 0.563. The predicted octanol–water partition coefficient (Wildman–Crippen LogP) is 1.42. The van der Waals surface area contributed by atoms with Crippen LogP contribution in [0.5, 0.6) is 5.88 Å². The smallest absolute Gasteiger partial charge is 0.288 e. The van der Waals surface area contributed by atoms with Crippen molar-refractivity contribution in [1.82, 2.24) is 9.97 Å². The van der Waals surface area contributed by atoms with Crippen molar-refractivity contribution in [3.63, 3.8) is 0 Å². The van der Waals surface area contributed by atoms with E-state index in [0.29, 0.717) is 12.2 Å². The first kappa shape index (κ1) is 13.0. The molecule has 1 aliphatic rings. The topological polar surface area (TPSA) is 98.5 Å². The van der Waals surface area contributed by atoms with E-state index in [1.165, 1.54) is 11.0 Å². The number of carbonyl (C=O) groups is 1. The fraction of sp³-hybridized carbons (Fsp3) is 0.154. The van der Waals surface area contributed by atoms with E-state index in [2.05, 4.69) is 9.97 Å². The van der Waals surface area contributed by atoms with Crippen molar-refractivity contribution in [3.05, 3.63) is 52.5 Å². The fourth-order valence-electron chi connectivity index (χ4n) is 2.05. The van der Waals surface area contributed by atoms with Crippen molar-refractivity contribution in [2.24, 2.45) is 0 Å². The van der Waals surface area contributed by atoms with Gasteiger partial charge in [0.25, 0.3) is 11.6 Å². The Labute approximate surface area is 119 Å². The van der Waals surface area contributed by atoms with Crippen molar-refractivity contribution in [2.45, 2.75) is 0 Å². The minimum atomic E-state index is -0.597. The van der Waals surface area contributed by atoms with E-state index in [-0.39, 0.29) is 23.7 Å². The quantitative estimate of drug-likeness (QED) is 0.611. The number of hydrogen-bond acceptors (Lipinski definition) is 6.